The zero-order valence-corrected chi connectivity index (χ0v) is 12.4. The number of amides is 1. The lowest BCUT2D eigenvalue weighted by Gasteiger charge is -2.12. The molecule has 0 heterocycles. The quantitative estimate of drug-likeness (QED) is 0.697. The number of carboxylic acids is 1. The van der Waals surface area contributed by atoms with E-state index < -0.39 is 24.5 Å². The normalized spacial score (nSPS) is 11.6. The topological polar surface area (TPSA) is 105 Å². The summed E-state index contributed by atoms with van der Waals surface area (Å²) in [5.74, 6) is -1.16. The average Bonchev–Trinajstić information content (AvgIpc) is 2.44. The van der Waals surface area contributed by atoms with E-state index in [1.807, 2.05) is 0 Å². The van der Waals surface area contributed by atoms with Crippen molar-refractivity contribution in [2.45, 2.75) is 6.10 Å². The number of hydrogen-bond acceptors (Lipinski definition) is 5. The van der Waals surface area contributed by atoms with Gasteiger partial charge in [0.05, 0.1) is 20.8 Å². The fourth-order valence-electron chi connectivity index (χ4n) is 1.38. The molecule has 0 aliphatic heterocycles. The SMILES string of the molecule is COc1cc(C(=O)NCC(O)C(=O)O)cc(OC)c1Br. The van der Waals surface area contributed by atoms with Gasteiger partial charge in [-0.1, -0.05) is 0 Å². The molecule has 0 radical (unpaired) electrons. The van der Waals surface area contributed by atoms with E-state index in [1.165, 1.54) is 26.4 Å². The molecule has 0 aliphatic rings. The number of aliphatic hydroxyl groups is 1. The number of hydrogen-bond donors (Lipinski definition) is 3. The largest absolute Gasteiger partial charge is 0.495 e. The van der Waals surface area contributed by atoms with Crippen molar-refractivity contribution >= 4 is 27.8 Å². The fourth-order valence-corrected chi connectivity index (χ4v) is 1.93. The Balaban J connectivity index is 2.90. The Morgan fingerprint density at radius 1 is 1.30 bits per heavy atom. The number of aliphatic hydroxyl groups excluding tert-OH is 1. The Morgan fingerprint density at radius 3 is 2.20 bits per heavy atom. The van der Waals surface area contributed by atoms with Crippen LogP contribution < -0.4 is 14.8 Å². The first-order valence-electron chi connectivity index (χ1n) is 5.51. The van der Waals surface area contributed by atoms with Crippen LogP contribution >= 0.6 is 15.9 Å². The first-order chi connectivity index (χ1) is 9.40. The summed E-state index contributed by atoms with van der Waals surface area (Å²) in [7, 11) is 2.88. The number of ether oxygens (including phenoxy) is 2. The van der Waals surface area contributed by atoms with Gasteiger partial charge in [0.25, 0.3) is 5.91 Å². The van der Waals surface area contributed by atoms with Crippen LogP contribution in [0.2, 0.25) is 0 Å². The van der Waals surface area contributed by atoms with Crippen LogP contribution in [-0.2, 0) is 4.79 Å². The van der Waals surface area contributed by atoms with Crippen LogP contribution in [0.15, 0.2) is 16.6 Å². The smallest absolute Gasteiger partial charge is 0.334 e. The summed E-state index contributed by atoms with van der Waals surface area (Å²) in [5, 5.41) is 19.9. The number of carbonyl (C=O) groups excluding carboxylic acids is 1. The molecule has 0 aliphatic carbocycles. The van der Waals surface area contributed by atoms with Gasteiger partial charge >= 0.3 is 5.97 Å². The van der Waals surface area contributed by atoms with Gasteiger partial charge in [-0.3, -0.25) is 4.79 Å². The van der Waals surface area contributed by atoms with Crippen LogP contribution in [0.5, 0.6) is 11.5 Å². The maximum atomic E-state index is 11.9. The van der Waals surface area contributed by atoms with Crippen LogP contribution in [0, 0.1) is 0 Å². The number of carbonyl (C=O) groups is 2. The fraction of sp³-hybridized carbons (Fsp3) is 0.333. The van der Waals surface area contributed by atoms with Gasteiger partial charge in [0.1, 0.15) is 16.0 Å². The Morgan fingerprint density at radius 2 is 1.80 bits per heavy atom. The zero-order chi connectivity index (χ0) is 15.3. The highest BCUT2D eigenvalue weighted by molar-refractivity contribution is 9.10. The number of aliphatic carboxylic acids is 1. The minimum absolute atomic E-state index is 0.222. The van der Waals surface area contributed by atoms with Crippen molar-refractivity contribution in [2.75, 3.05) is 20.8 Å². The van der Waals surface area contributed by atoms with Gasteiger partial charge in [-0.25, -0.2) is 4.79 Å². The molecule has 1 unspecified atom stereocenters. The highest BCUT2D eigenvalue weighted by atomic mass is 79.9. The summed E-state index contributed by atoms with van der Waals surface area (Å²) in [5.41, 5.74) is 0.222. The van der Waals surface area contributed by atoms with E-state index in [9.17, 15) is 9.59 Å². The van der Waals surface area contributed by atoms with Gasteiger partial charge in [0.15, 0.2) is 6.10 Å². The molecule has 8 heteroatoms. The summed E-state index contributed by atoms with van der Waals surface area (Å²) in [6.45, 7) is -0.394. The first kappa shape index (κ1) is 16.3. The Bertz CT molecular complexity index is 494. The maximum absolute atomic E-state index is 11.9. The molecule has 20 heavy (non-hydrogen) atoms. The highest BCUT2D eigenvalue weighted by Gasteiger charge is 2.17. The summed E-state index contributed by atoms with van der Waals surface area (Å²) in [6.07, 6.45) is -1.65. The molecule has 0 spiro atoms. The van der Waals surface area contributed by atoms with E-state index in [0.29, 0.717) is 16.0 Å². The third kappa shape index (κ3) is 3.84. The molecule has 1 atom stereocenters. The van der Waals surface area contributed by atoms with Gasteiger partial charge in [-0.05, 0) is 28.1 Å². The van der Waals surface area contributed by atoms with E-state index >= 15 is 0 Å². The second kappa shape index (κ2) is 7.11. The lowest BCUT2D eigenvalue weighted by molar-refractivity contribution is -0.146. The van der Waals surface area contributed by atoms with Crippen LogP contribution in [-0.4, -0.2) is 49.0 Å². The second-order valence-electron chi connectivity index (χ2n) is 3.76. The summed E-state index contributed by atoms with van der Waals surface area (Å²) in [6, 6.07) is 2.93. The molecule has 7 nitrogen and oxygen atoms in total. The van der Waals surface area contributed by atoms with Gasteiger partial charge < -0.3 is 25.0 Å². The van der Waals surface area contributed by atoms with Crippen molar-refractivity contribution in [1.29, 1.82) is 0 Å². The van der Waals surface area contributed by atoms with Gasteiger partial charge in [-0.15, -0.1) is 0 Å². The average molecular weight is 348 g/mol. The summed E-state index contributed by atoms with van der Waals surface area (Å²) in [4.78, 5) is 22.3. The zero-order valence-electron chi connectivity index (χ0n) is 10.8. The lowest BCUT2D eigenvalue weighted by atomic mass is 10.2. The number of benzene rings is 1. The van der Waals surface area contributed by atoms with E-state index in [2.05, 4.69) is 21.2 Å². The number of rotatable bonds is 6. The third-order valence-corrected chi connectivity index (χ3v) is 3.23. The lowest BCUT2D eigenvalue weighted by Crippen LogP contribution is -2.36. The van der Waals surface area contributed by atoms with Crippen molar-refractivity contribution in [3.05, 3.63) is 22.2 Å². The molecular formula is C12H14BrNO6. The number of methoxy groups -OCH3 is 2. The molecule has 1 aromatic carbocycles. The Kier molecular flexibility index (Phi) is 5.78. The van der Waals surface area contributed by atoms with Crippen LogP contribution in [0.4, 0.5) is 0 Å². The van der Waals surface area contributed by atoms with Crippen LogP contribution in [0.25, 0.3) is 0 Å². The van der Waals surface area contributed by atoms with Crippen LogP contribution in [0.1, 0.15) is 10.4 Å². The maximum Gasteiger partial charge on any atom is 0.334 e. The number of carboxylic acid groups (broad SMARTS) is 1. The second-order valence-corrected chi connectivity index (χ2v) is 4.55. The van der Waals surface area contributed by atoms with Crippen molar-refractivity contribution in [3.63, 3.8) is 0 Å². The summed E-state index contributed by atoms with van der Waals surface area (Å²) < 4.78 is 10.7. The standard InChI is InChI=1S/C12H14BrNO6/c1-19-8-3-6(4-9(20-2)10(8)13)11(16)14-5-7(15)12(17)18/h3-4,7,15H,5H2,1-2H3,(H,14,16)(H,17,18). The Hall–Kier alpha value is -1.80. The summed E-state index contributed by atoms with van der Waals surface area (Å²) >= 11 is 3.27. The van der Waals surface area contributed by atoms with E-state index in [-0.39, 0.29) is 5.56 Å². The predicted octanol–water partition coefficient (Wildman–Crippen LogP) is 0.642. The molecule has 1 aromatic rings. The monoisotopic (exact) mass is 347 g/mol. The van der Waals surface area contributed by atoms with Crippen molar-refractivity contribution in [3.8, 4) is 11.5 Å². The van der Waals surface area contributed by atoms with Gasteiger partial charge in [0.2, 0.25) is 0 Å². The number of halogens is 1. The molecule has 1 rings (SSSR count). The molecule has 0 bridgehead atoms. The molecule has 0 saturated heterocycles. The molecule has 3 N–H and O–H groups in total. The molecule has 0 fully saturated rings. The van der Waals surface area contributed by atoms with E-state index in [0.717, 1.165) is 0 Å². The van der Waals surface area contributed by atoms with E-state index in [4.69, 9.17) is 19.7 Å². The molecule has 110 valence electrons. The van der Waals surface area contributed by atoms with Crippen molar-refractivity contribution < 1.29 is 29.3 Å². The van der Waals surface area contributed by atoms with Gasteiger partial charge in [0, 0.05) is 5.56 Å². The minimum atomic E-state index is -1.65. The molecular weight excluding hydrogens is 334 g/mol. The van der Waals surface area contributed by atoms with Gasteiger partial charge in [-0.2, -0.15) is 0 Å². The van der Waals surface area contributed by atoms with E-state index in [1.54, 1.807) is 0 Å². The molecule has 1 amide bonds. The molecule has 0 aromatic heterocycles. The van der Waals surface area contributed by atoms with Crippen molar-refractivity contribution in [2.24, 2.45) is 0 Å². The third-order valence-electron chi connectivity index (χ3n) is 2.45. The predicted molar refractivity (Wildman–Crippen MR) is 73.2 cm³/mol. The Labute approximate surface area is 123 Å². The van der Waals surface area contributed by atoms with Crippen LogP contribution in [0.3, 0.4) is 0 Å². The minimum Gasteiger partial charge on any atom is -0.495 e. The molecule has 0 saturated carbocycles. The highest BCUT2D eigenvalue weighted by Crippen LogP contribution is 2.35. The first-order valence-corrected chi connectivity index (χ1v) is 6.30. The van der Waals surface area contributed by atoms with Crippen molar-refractivity contribution in [1.82, 2.24) is 5.32 Å². The number of nitrogens with one attached hydrogen (secondary N) is 1.